The molecule has 13 heavy (non-hydrogen) atoms. The average molecular weight is 186 g/mol. The van der Waals surface area contributed by atoms with Gasteiger partial charge in [-0.05, 0) is 52.9 Å². The molecule has 0 aromatic heterocycles. The van der Waals surface area contributed by atoms with Crippen molar-refractivity contribution in [2.24, 2.45) is 5.92 Å². The zero-order valence-corrected chi connectivity index (χ0v) is 9.93. The smallest absolute Gasteiger partial charge is 0.00384 e. The largest absolute Gasteiger partial charge is 0.319 e. The van der Waals surface area contributed by atoms with Crippen LogP contribution in [0.3, 0.4) is 0 Å². The lowest BCUT2D eigenvalue weighted by molar-refractivity contribution is 0.218. The summed E-state index contributed by atoms with van der Waals surface area (Å²) < 4.78 is 0. The number of hydrogen-bond acceptors (Lipinski definition) is 2. The van der Waals surface area contributed by atoms with Crippen LogP contribution in [0.1, 0.15) is 34.1 Å². The highest BCUT2D eigenvalue weighted by Gasteiger charge is 2.08. The molecule has 0 saturated carbocycles. The topological polar surface area (TPSA) is 15.3 Å². The van der Waals surface area contributed by atoms with Gasteiger partial charge >= 0.3 is 0 Å². The minimum atomic E-state index is 0.687. The lowest BCUT2D eigenvalue weighted by Crippen LogP contribution is -2.33. The van der Waals surface area contributed by atoms with Gasteiger partial charge in [-0.1, -0.05) is 13.8 Å². The molecule has 0 aromatic carbocycles. The van der Waals surface area contributed by atoms with E-state index in [2.05, 4.69) is 37.9 Å². The van der Waals surface area contributed by atoms with Gasteiger partial charge in [-0.2, -0.15) is 0 Å². The van der Waals surface area contributed by atoms with Crippen LogP contribution in [-0.2, 0) is 0 Å². The molecule has 0 aliphatic carbocycles. The summed E-state index contributed by atoms with van der Waals surface area (Å²) in [7, 11) is 2.02. The third-order valence-corrected chi connectivity index (χ3v) is 2.60. The van der Waals surface area contributed by atoms with Crippen molar-refractivity contribution in [2.75, 3.05) is 26.7 Å². The van der Waals surface area contributed by atoms with Crippen molar-refractivity contribution in [1.82, 2.24) is 10.2 Å². The zero-order chi connectivity index (χ0) is 10.3. The average Bonchev–Trinajstić information content (AvgIpc) is 2.05. The maximum absolute atomic E-state index is 3.22. The molecule has 1 N–H and O–H groups in total. The van der Waals surface area contributed by atoms with Crippen molar-refractivity contribution < 1.29 is 0 Å². The number of hydrogen-bond donors (Lipinski definition) is 1. The van der Waals surface area contributed by atoms with E-state index >= 15 is 0 Å². The highest BCUT2D eigenvalue weighted by Crippen LogP contribution is 2.05. The molecule has 0 bridgehead atoms. The highest BCUT2D eigenvalue weighted by molar-refractivity contribution is 4.64. The molecular weight excluding hydrogens is 160 g/mol. The Bertz CT molecular complexity index is 113. The van der Waals surface area contributed by atoms with E-state index in [1.807, 2.05) is 7.05 Å². The highest BCUT2D eigenvalue weighted by atomic mass is 15.1. The van der Waals surface area contributed by atoms with Gasteiger partial charge in [0.2, 0.25) is 0 Å². The van der Waals surface area contributed by atoms with Gasteiger partial charge in [0.15, 0.2) is 0 Å². The Labute approximate surface area is 83.7 Å². The number of rotatable bonds is 7. The first-order valence-corrected chi connectivity index (χ1v) is 5.50. The first-order chi connectivity index (χ1) is 6.11. The fraction of sp³-hybridized carbons (Fsp3) is 1.00. The summed E-state index contributed by atoms with van der Waals surface area (Å²) >= 11 is 0. The van der Waals surface area contributed by atoms with Crippen molar-refractivity contribution in [3.05, 3.63) is 0 Å². The summed E-state index contributed by atoms with van der Waals surface area (Å²) in [6.45, 7) is 12.6. The van der Waals surface area contributed by atoms with E-state index in [0.29, 0.717) is 6.04 Å². The summed E-state index contributed by atoms with van der Waals surface area (Å²) in [4.78, 5) is 2.52. The predicted octanol–water partition coefficient (Wildman–Crippen LogP) is 1.96. The summed E-state index contributed by atoms with van der Waals surface area (Å²) in [5.41, 5.74) is 0. The summed E-state index contributed by atoms with van der Waals surface area (Å²) in [6.07, 6.45) is 1.30. The van der Waals surface area contributed by atoms with E-state index in [-0.39, 0.29) is 0 Å². The van der Waals surface area contributed by atoms with Gasteiger partial charge in [0.25, 0.3) is 0 Å². The van der Waals surface area contributed by atoms with E-state index in [4.69, 9.17) is 0 Å². The lowest BCUT2D eigenvalue weighted by Gasteiger charge is -2.26. The monoisotopic (exact) mass is 186 g/mol. The molecule has 0 spiro atoms. The van der Waals surface area contributed by atoms with Gasteiger partial charge in [-0.15, -0.1) is 0 Å². The van der Waals surface area contributed by atoms with Crippen LogP contribution >= 0.6 is 0 Å². The van der Waals surface area contributed by atoms with Crippen LogP contribution in [0, 0.1) is 5.92 Å². The number of nitrogens with zero attached hydrogens (tertiary/aromatic N) is 1. The van der Waals surface area contributed by atoms with Crippen molar-refractivity contribution in [3.63, 3.8) is 0 Å². The van der Waals surface area contributed by atoms with E-state index in [1.54, 1.807) is 0 Å². The fourth-order valence-corrected chi connectivity index (χ4v) is 1.62. The van der Waals surface area contributed by atoms with Crippen LogP contribution in [0.4, 0.5) is 0 Å². The van der Waals surface area contributed by atoms with Gasteiger partial charge in [-0.3, -0.25) is 0 Å². The molecule has 0 fully saturated rings. The molecule has 0 aliphatic rings. The Morgan fingerprint density at radius 2 is 1.85 bits per heavy atom. The standard InChI is InChI=1S/C11H26N2/c1-6-13(10(2)3)8-7-11(4)9-12-5/h10-12H,6-9H2,1-5H3. The first kappa shape index (κ1) is 12.9. The van der Waals surface area contributed by atoms with Crippen LogP contribution in [0.5, 0.6) is 0 Å². The molecule has 80 valence electrons. The molecule has 0 radical (unpaired) electrons. The third kappa shape index (κ3) is 6.05. The van der Waals surface area contributed by atoms with Crippen LogP contribution in [0.25, 0.3) is 0 Å². The van der Waals surface area contributed by atoms with Crippen LogP contribution in [-0.4, -0.2) is 37.6 Å². The van der Waals surface area contributed by atoms with Gasteiger partial charge in [0.05, 0.1) is 0 Å². The molecule has 0 aliphatic heterocycles. The molecule has 0 amide bonds. The van der Waals surface area contributed by atoms with Crippen LogP contribution in [0.15, 0.2) is 0 Å². The Morgan fingerprint density at radius 1 is 1.23 bits per heavy atom. The second-order valence-corrected chi connectivity index (χ2v) is 4.17. The Kier molecular flexibility index (Phi) is 7.29. The number of nitrogens with one attached hydrogen (secondary N) is 1. The SMILES string of the molecule is CCN(CCC(C)CNC)C(C)C. The van der Waals surface area contributed by atoms with Gasteiger partial charge in [-0.25, -0.2) is 0 Å². The van der Waals surface area contributed by atoms with Crippen molar-refractivity contribution in [3.8, 4) is 0 Å². The van der Waals surface area contributed by atoms with E-state index < -0.39 is 0 Å². The molecule has 1 unspecified atom stereocenters. The summed E-state index contributed by atoms with van der Waals surface area (Å²) in [5, 5.41) is 3.22. The molecule has 2 nitrogen and oxygen atoms in total. The minimum absolute atomic E-state index is 0.687. The van der Waals surface area contributed by atoms with Crippen molar-refractivity contribution in [1.29, 1.82) is 0 Å². The maximum atomic E-state index is 3.22. The third-order valence-electron chi connectivity index (χ3n) is 2.60. The van der Waals surface area contributed by atoms with Crippen LogP contribution < -0.4 is 5.32 Å². The lowest BCUT2D eigenvalue weighted by atomic mass is 10.1. The van der Waals surface area contributed by atoms with Gasteiger partial charge in [0, 0.05) is 6.04 Å². The van der Waals surface area contributed by atoms with Crippen LogP contribution in [0.2, 0.25) is 0 Å². The molecule has 0 aromatic rings. The molecule has 0 saturated heterocycles. The Hall–Kier alpha value is -0.0800. The first-order valence-electron chi connectivity index (χ1n) is 5.50. The fourth-order valence-electron chi connectivity index (χ4n) is 1.62. The molecule has 1 atom stereocenters. The van der Waals surface area contributed by atoms with E-state index in [1.165, 1.54) is 19.5 Å². The molecule has 2 heteroatoms. The van der Waals surface area contributed by atoms with Crippen molar-refractivity contribution >= 4 is 0 Å². The normalized spacial score (nSPS) is 14.1. The van der Waals surface area contributed by atoms with Gasteiger partial charge < -0.3 is 10.2 Å². The minimum Gasteiger partial charge on any atom is -0.319 e. The molecular formula is C11H26N2. The second-order valence-electron chi connectivity index (χ2n) is 4.17. The van der Waals surface area contributed by atoms with E-state index in [9.17, 15) is 0 Å². The zero-order valence-electron chi connectivity index (χ0n) is 9.93. The summed E-state index contributed by atoms with van der Waals surface area (Å²) in [5.74, 6) is 0.790. The predicted molar refractivity (Wildman–Crippen MR) is 60.1 cm³/mol. The maximum Gasteiger partial charge on any atom is 0.00384 e. The summed E-state index contributed by atoms with van der Waals surface area (Å²) in [6, 6.07) is 0.687. The quantitative estimate of drug-likeness (QED) is 0.654. The molecule has 0 rings (SSSR count). The Balaban J connectivity index is 3.59. The van der Waals surface area contributed by atoms with Gasteiger partial charge in [0.1, 0.15) is 0 Å². The Morgan fingerprint density at radius 3 is 2.23 bits per heavy atom. The van der Waals surface area contributed by atoms with E-state index in [0.717, 1.165) is 12.5 Å². The molecule has 0 heterocycles. The van der Waals surface area contributed by atoms with Crippen molar-refractivity contribution in [2.45, 2.75) is 40.2 Å². The second kappa shape index (κ2) is 7.34.